The molecule has 2 aromatic rings. The molecule has 2 aliphatic rings. The van der Waals surface area contributed by atoms with Gasteiger partial charge in [-0.15, -0.1) is 10.2 Å². The fourth-order valence-corrected chi connectivity index (χ4v) is 3.74. The van der Waals surface area contributed by atoms with Crippen LogP contribution >= 0.6 is 27.7 Å². The van der Waals surface area contributed by atoms with Crippen LogP contribution in [0.4, 0.5) is 10.1 Å². The van der Waals surface area contributed by atoms with Gasteiger partial charge < -0.3 is 9.88 Å². The third-order valence-electron chi connectivity index (χ3n) is 4.08. The maximum atomic E-state index is 13.8. The average molecular weight is 411 g/mol. The number of benzene rings is 1. The van der Waals surface area contributed by atoms with Crippen molar-refractivity contribution in [3.63, 3.8) is 0 Å². The Balaban J connectivity index is 1.40. The number of carbonyl (C=O) groups excluding carboxylic acids is 1. The first-order valence-electron chi connectivity index (χ1n) is 7.94. The van der Waals surface area contributed by atoms with Crippen LogP contribution in [0.2, 0.25) is 0 Å². The monoisotopic (exact) mass is 410 g/mol. The van der Waals surface area contributed by atoms with Gasteiger partial charge >= 0.3 is 0 Å². The average Bonchev–Trinajstić information content (AvgIpc) is 3.47. The predicted octanol–water partition coefficient (Wildman–Crippen LogP) is 4.12. The number of amides is 1. The van der Waals surface area contributed by atoms with Crippen molar-refractivity contribution in [1.29, 1.82) is 0 Å². The molecule has 2 saturated carbocycles. The van der Waals surface area contributed by atoms with Crippen molar-refractivity contribution in [2.75, 3.05) is 11.1 Å². The molecule has 2 fully saturated rings. The molecule has 1 amide bonds. The minimum absolute atomic E-state index is 0.186. The molecule has 1 aromatic carbocycles. The van der Waals surface area contributed by atoms with Crippen molar-refractivity contribution >= 4 is 39.3 Å². The fourth-order valence-electron chi connectivity index (χ4n) is 2.59. The molecule has 1 N–H and O–H groups in total. The smallest absolute Gasteiger partial charge is 0.234 e. The van der Waals surface area contributed by atoms with Gasteiger partial charge in [0.1, 0.15) is 11.6 Å². The zero-order valence-electron chi connectivity index (χ0n) is 12.8. The van der Waals surface area contributed by atoms with Crippen LogP contribution in [0.1, 0.15) is 43.5 Å². The number of nitrogens with zero attached hydrogens (tertiary/aromatic N) is 3. The summed E-state index contributed by atoms with van der Waals surface area (Å²) in [6.45, 7) is 0. The van der Waals surface area contributed by atoms with Gasteiger partial charge in [0.05, 0.1) is 11.4 Å². The minimum Gasteiger partial charge on any atom is -0.323 e. The van der Waals surface area contributed by atoms with Gasteiger partial charge in [-0.2, -0.15) is 0 Å². The number of carbonyl (C=O) groups is 1. The third kappa shape index (κ3) is 3.49. The van der Waals surface area contributed by atoms with E-state index < -0.39 is 5.82 Å². The zero-order chi connectivity index (χ0) is 16.7. The lowest BCUT2D eigenvalue weighted by Crippen LogP contribution is -2.15. The van der Waals surface area contributed by atoms with Gasteiger partial charge in [-0.25, -0.2) is 4.39 Å². The molecule has 24 heavy (non-hydrogen) atoms. The molecule has 0 atom stereocenters. The van der Waals surface area contributed by atoms with Crippen molar-refractivity contribution in [2.24, 2.45) is 0 Å². The molecule has 5 nitrogen and oxygen atoms in total. The first-order valence-corrected chi connectivity index (χ1v) is 9.72. The van der Waals surface area contributed by atoms with Gasteiger partial charge in [-0.3, -0.25) is 4.79 Å². The highest BCUT2D eigenvalue weighted by Crippen LogP contribution is 2.45. The lowest BCUT2D eigenvalue weighted by atomic mass is 10.3. The Morgan fingerprint density at radius 1 is 1.33 bits per heavy atom. The summed E-state index contributed by atoms with van der Waals surface area (Å²) in [7, 11) is 0. The highest BCUT2D eigenvalue weighted by atomic mass is 79.9. The summed E-state index contributed by atoms with van der Waals surface area (Å²) in [5.74, 6) is 1.09. The lowest BCUT2D eigenvalue weighted by Gasteiger charge is -2.09. The SMILES string of the molecule is O=C(CSc1nnc(C2CC2)n1C1CC1)Nc1ccc(Br)cc1F. The van der Waals surface area contributed by atoms with Crippen molar-refractivity contribution in [3.8, 4) is 0 Å². The summed E-state index contributed by atoms with van der Waals surface area (Å²) in [4.78, 5) is 12.1. The Hall–Kier alpha value is -1.41. The van der Waals surface area contributed by atoms with E-state index in [1.807, 2.05) is 0 Å². The molecule has 1 aromatic heterocycles. The normalized spacial score (nSPS) is 17.1. The Kier molecular flexibility index (Phi) is 4.34. The van der Waals surface area contributed by atoms with Crippen LogP contribution in [0.3, 0.4) is 0 Å². The predicted molar refractivity (Wildman–Crippen MR) is 93.7 cm³/mol. The molecule has 4 rings (SSSR count). The van der Waals surface area contributed by atoms with E-state index in [0.29, 0.717) is 16.4 Å². The molecule has 0 aliphatic heterocycles. The molecule has 1 heterocycles. The minimum atomic E-state index is -0.458. The van der Waals surface area contributed by atoms with Crippen molar-refractivity contribution in [3.05, 3.63) is 34.3 Å². The van der Waals surface area contributed by atoms with E-state index >= 15 is 0 Å². The van der Waals surface area contributed by atoms with Gasteiger partial charge in [0.15, 0.2) is 5.16 Å². The van der Waals surface area contributed by atoms with Crippen LogP contribution in [0.5, 0.6) is 0 Å². The Morgan fingerprint density at radius 2 is 2.12 bits per heavy atom. The Morgan fingerprint density at radius 3 is 2.79 bits per heavy atom. The van der Waals surface area contributed by atoms with Crippen LogP contribution in [0.25, 0.3) is 0 Å². The van der Waals surface area contributed by atoms with Crippen LogP contribution in [0.15, 0.2) is 27.8 Å². The molecule has 126 valence electrons. The van der Waals surface area contributed by atoms with Crippen molar-refractivity contribution < 1.29 is 9.18 Å². The van der Waals surface area contributed by atoms with Gasteiger partial charge in [0, 0.05) is 16.4 Å². The van der Waals surface area contributed by atoms with E-state index in [-0.39, 0.29) is 17.3 Å². The second kappa shape index (κ2) is 6.48. The number of nitrogens with one attached hydrogen (secondary N) is 1. The van der Waals surface area contributed by atoms with Crippen molar-refractivity contribution in [1.82, 2.24) is 14.8 Å². The van der Waals surface area contributed by atoms with Crippen molar-refractivity contribution in [2.45, 2.75) is 42.8 Å². The first kappa shape index (κ1) is 16.1. The number of aromatic nitrogens is 3. The van der Waals surface area contributed by atoms with Crippen LogP contribution < -0.4 is 5.32 Å². The number of thioether (sulfide) groups is 1. The van der Waals surface area contributed by atoms with E-state index in [0.717, 1.165) is 23.8 Å². The first-order chi connectivity index (χ1) is 11.6. The van der Waals surface area contributed by atoms with Crippen LogP contribution in [-0.2, 0) is 4.79 Å². The lowest BCUT2D eigenvalue weighted by molar-refractivity contribution is -0.113. The zero-order valence-corrected chi connectivity index (χ0v) is 15.2. The third-order valence-corrected chi connectivity index (χ3v) is 5.52. The highest BCUT2D eigenvalue weighted by Gasteiger charge is 2.36. The number of anilines is 1. The van der Waals surface area contributed by atoms with E-state index in [1.54, 1.807) is 12.1 Å². The van der Waals surface area contributed by atoms with E-state index in [2.05, 4.69) is 36.0 Å². The maximum absolute atomic E-state index is 13.8. The second-order valence-corrected chi connectivity index (χ2v) is 8.04. The van der Waals surface area contributed by atoms with Gasteiger partial charge in [-0.05, 0) is 43.9 Å². The van der Waals surface area contributed by atoms with Crippen LogP contribution in [-0.4, -0.2) is 26.4 Å². The summed E-state index contributed by atoms with van der Waals surface area (Å²) in [6.07, 6.45) is 4.67. The molecular weight excluding hydrogens is 395 g/mol. The molecule has 0 unspecified atom stereocenters. The molecule has 0 radical (unpaired) electrons. The summed E-state index contributed by atoms with van der Waals surface area (Å²) >= 11 is 4.56. The Bertz CT molecular complexity index is 788. The molecule has 2 aliphatic carbocycles. The largest absolute Gasteiger partial charge is 0.323 e. The quantitative estimate of drug-likeness (QED) is 0.727. The molecular formula is C16H16BrFN4OS. The standard InChI is InChI=1S/C16H16BrFN4OS/c17-10-3-6-13(12(18)7-10)19-14(23)8-24-16-21-20-15(9-1-2-9)22(16)11-4-5-11/h3,6-7,9,11H,1-2,4-5,8H2,(H,19,23). The number of rotatable bonds is 6. The van der Waals surface area contributed by atoms with Gasteiger partial charge in [0.2, 0.25) is 5.91 Å². The van der Waals surface area contributed by atoms with Gasteiger partial charge in [-0.1, -0.05) is 27.7 Å². The van der Waals surface area contributed by atoms with Gasteiger partial charge in [0.25, 0.3) is 0 Å². The summed E-state index contributed by atoms with van der Waals surface area (Å²) < 4.78 is 16.6. The summed E-state index contributed by atoms with van der Waals surface area (Å²) in [6, 6.07) is 5.05. The molecule has 8 heteroatoms. The summed E-state index contributed by atoms with van der Waals surface area (Å²) in [5.41, 5.74) is 0.186. The molecule has 0 saturated heterocycles. The molecule has 0 bridgehead atoms. The Labute approximate surface area is 151 Å². The van der Waals surface area contributed by atoms with E-state index in [9.17, 15) is 9.18 Å². The maximum Gasteiger partial charge on any atom is 0.234 e. The topological polar surface area (TPSA) is 59.8 Å². The second-order valence-electron chi connectivity index (χ2n) is 6.18. The van der Waals surface area contributed by atoms with E-state index in [4.69, 9.17) is 0 Å². The number of hydrogen-bond donors (Lipinski definition) is 1. The highest BCUT2D eigenvalue weighted by molar-refractivity contribution is 9.10. The number of hydrogen-bond acceptors (Lipinski definition) is 4. The van der Waals surface area contributed by atoms with E-state index in [1.165, 1.54) is 30.7 Å². The fraction of sp³-hybridized carbons (Fsp3) is 0.438. The van der Waals surface area contributed by atoms with Crippen LogP contribution in [0, 0.1) is 5.82 Å². The summed E-state index contributed by atoms with van der Waals surface area (Å²) in [5, 5.41) is 12.0. The molecule has 0 spiro atoms. The number of halogens is 2.